The van der Waals surface area contributed by atoms with Gasteiger partial charge in [-0.1, -0.05) is 36.8 Å². The maximum Gasteiger partial charge on any atom is 0.239 e. The van der Waals surface area contributed by atoms with Gasteiger partial charge in [-0.3, -0.25) is 9.69 Å². The van der Waals surface area contributed by atoms with E-state index in [0.29, 0.717) is 18.7 Å². The third kappa shape index (κ3) is 5.28. The first-order chi connectivity index (χ1) is 14.7. The van der Waals surface area contributed by atoms with Crippen molar-refractivity contribution in [3.63, 3.8) is 0 Å². The van der Waals surface area contributed by atoms with Gasteiger partial charge in [-0.15, -0.1) is 11.3 Å². The average Bonchev–Trinajstić information content (AvgIpc) is 3.30. The third-order valence-corrected chi connectivity index (χ3v) is 7.10. The molecule has 1 aliphatic carbocycles. The number of rotatable bonds is 7. The van der Waals surface area contributed by atoms with Gasteiger partial charge in [0.1, 0.15) is 11.1 Å². The van der Waals surface area contributed by atoms with Gasteiger partial charge in [0.15, 0.2) is 0 Å². The fourth-order valence-corrected chi connectivity index (χ4v) is 5.68. The second-order valence-electron chi connectivity index (χ2n) is 8.22. The molecule has 30 heavy (non-hydrogen) atoms. The lowest BCUT2D eigenvalue weighted by Gasteiger charge is -2.24. The summed E-state index contributed by atoms with van der Waals surface area (Å²) in [7, 11) is 0. The summed E-state index contributed by atoms with van der Waals surface area (Å²) in [5.74, 6) is -0.0585. The first-order valence-electron chi connectivity index (χ1n) is 11.0. The summed E-state index contributed by atoms with van der Waals surface area (Å²) in [5.41, 5.74) is 3.03. The number of nitrogens with zero attached hydrogens (tertiary/aromatic N) is 2. The Kier molecular flexibility index (Phi) is 7.16. The van der Waals surface area contributed by atoms with Gasteiger partial charge in [-0.25, -0.2) is 0 Å². The zero-order valence-electron chi connectivity index (χ0n) is 17.4. The van der Waals surface area contributed by atoms with E-state index in [1.807, 2.05) is 18.2 Å². The Balaban J connectivity index is 1.45. The van der Waals surface area contributed by atoms with Crippen LogP contribution in [0, 0.1) is 11.3 Å². The monoisotopic (exact) mass is 423 g/mol. The summed E-state index contributed by atoms with van der Waals surface area (Å²) in [6, 6.07) is 12.6. The molecule has 158 valence electrons. The van der Waals surface area contributed by atoms with Gasteiger partial charge in [0.2, 0.25) is 5.91 Å². The fourth-order valence-electron chi connectivity index (χ4n) is 4.42. The lowest BCUT2D eigenvalue weighted by Crippen LogP contribution is -2.37. The van der Waals surface area contributed by atoms with Crippen molar-refractivity contribution >= 4 is 22.2 Å². The average molecular weight is 424 g/mol. The van der Waals surface area contributed by atoms with Crippen molar-refractivity contribution in [2.45, 2.75) is 57.6 Å². The van der Waals surface area contributed by atoms with Crippen LogP contribution in [0.3, 0.4) is 0 Å². The molecular formula is C24H29N3O2S. The zero-order chi connectivity index (χ0) is 20.8. The molecule has 0 bridgehead atoms. The molecule has 2 aromatic rings. The normalized spacial score (nSPS) is 18.6. The SMILES string of the molecule is N#Cc1c(NC(=O)CN(Cc2ccccc2)CC2CCCO2)sc2c1CCCCC2. The number of anilines is 1. The minimum Gasteiger partial charge on any atom is -0.377 e. The van der Waals surface area contributed by atoms with Gasteiger partial charge in [0, 0.05) is 24.6 Å². The summed E-state index contributed by atoms with van der Waals surface area (Å²) >= 11 is 1.59. The largest absolute Gasteiger partial charge is 0.377 e. The zero-order valence-corrected chi connectivity index (χ0v) is 18.2. The molecule has 0 radical (unpaired) electrons. The molecule has 0 spiro atoms. The number of nitriles is 1. The van der Waals surface area contributed by atoms with E-state index >= 15 is 0 Å². The van der Waals surface area contributed by atoms with E-state index in [1.54, 1.807) is 11.3 Å². The number of hydrogen-bond acceptors (Lipinski definition) is 5. The van der Waals surface area contributed by atoms with Crippen LogP contribution in [0.4, 0.5) is 5.00 Å². The molecule has 0 saturated carbocycles. The van der Waals surface area contributed by atoms with Crippen LogP contribution >= 0.6 is 11.3 Å². The molecule has 1 amide bonds. The van der Waals surface area contributed by atoms with Gasteiger partial charge in [-0.05, 0) is 49.7 Å². The molecule has 1 atom stereocenters. The Morgan fingerprint density at radius 2 is 2.03 bits per heavy atom. The number of fused-ring (bicyclic) bond motifs is 1. The highest BCUT2D eigenvalue weighted by Crippen LogP contribution is 2.37. The highest BCUT2D eigenvalue weighted by molar-refractivity contribution is 7.16. The van der Waals surface area contributed by atoms with Gasteiger partial charge in [-0.2, -0.15) is 5.26 Å². The van der Waals surface area contributed by atoms with E-state index in [-0.39, 0.29) is 12.0 Å². The van der Waals surface area contributed by atoms with Gasteiger partial charge < -0.3 is 10.1 Å². The summed E-state index contributed by atoms with van der Waals surface area (Å²) in [4.78, 5) is 16.4. The van der Waals surface area contributed by atoms with Crippen LogP contribution in [0.15, 0.2) is 30.3 Å². The second kappa shape index (κ2) is 10.2. The highest BCUT2D eigenvalue weighted by atomic mass is 32.1. The Bertz CT molecular complexity index is 897. The number of thiophene rings is 1. The maximum absolute atomic E-state index is 12.9. The molecule has 1 fully saturated rings. The summed E-state index contributed by atoms with van der Waals surface area (Å²) in [5, 5.41) is 13.5. The molecule has 1 saturated heterocycles. The Labute approximate surface area is 182 Å². The van der Waals surface area contributed by atoms with Gasteiger partial charge in [0.25, 0.3) is 0 Å². The fraction of sp³-hybridized carbons (Fsp3) is 0.500. The number of nitrogens with one attached hydrogen (secondary N) is 1. The van der Waals surface area contributed by atoms with Crippen molar-refractivity contribution in [2.24, 2.45) is 0 Å². The standard InChI is InChI=1S/C24H29N3O2S/c25-14-21-20-11-5-2-6-12-22(20)30-24(21)26-23(28)17-27(16-19-10-7-13-29-19)15-18-8-3-1-4-9-18/h1,3-4,8-9,19H,2,5-7,10-13,15-17H2,(H,26,28). The summed E-state index contributed by atoms with van der Waals surface area (Å²) in [6.07, 6.45) is 7.79. The first-order valence-corrected chi connectivity index (χ1v) is 11.8. The van der Waals surface area contributed by atoms with Crippen LogP contribution in [-0.4, -0.2) is 36.6 Å². The Morgan fingerprint density at radius 3 is 2.80 bits per heavy atom. The van der Waals surface area contributed by atoms with Crippen LogP contribution in [-0.2, 0) is 28.9 Å². The van der Waals surface area contributed by atoms with E-state index in [1.165, 1.54) is 16.9 Å². The van der Waals surface area contributed by atoms with Gasteiger partial charge in [0.05, 0.1) is 18.2 Å². The lowest BCUT2D eigenvalue weighted by atomic mass is 10.1. The van der Waals surface area contributed by atoms with E-state index in [4.69, 9.17) is 4.74 Å². The van der Waals surface area contributed by atoms with E-state index in [2.05, 4.69) is 28.4 Å². The van der Waals surface area contributed by atoms with Crippen molar-refractivity contribution in [1.29, 1.82) is 5.26 Å². The second-order valence-corrected chi connectivity index (χ2v) is 9.32. The predicted octanol–water partition coefficient (Wildman–Crippen LogP) is 4.51. The van der Waals surface area contributed by atoms with Crippen molar-refractivity contribution in [3.05, 3.63) is 51.9 Å². The smallest absolute Gasteiger partial charge is 0.239 e. The van der Waals surface area contributed by atoms with E-state index in [9.17, 15) is 10.1 Å². The molecule has 1 aromatic heterocycles. The highest BCUT2D eigenvalue weighted by Gasteiger charge is 2.24. The number of carbonyl (C=O) groups is 1. The number of ether oxygens (including phenoxy) is 1. The molecule has 1 aliphatic heterocycles. The van der Waals surface area contributed by atoms with Crippen LogP contribution in [0.2, 0.25) is 0 Å². The number of benzene rings is 1. The minimum atomic E-state index is -0.0585. The molecule has 1 N–H and O–H groups in total. The molecule has 4 rings (SSSR count). The number of aryl methyl sites for hydroxylation is 1. The Hall–Kier alpha value is -2.20. The molecule has 2 heterocycles. The molecule has 6 heteroatoms. The predicted molar refractivity (Wildman–Crippen MR) is 120 cm³/mol. The minimum absolute atomic E-state index is 0.0585. The molecule has 2 aliphatic rings. The maximum atomic E-state index is 12.9. The summed E-state index contributed by atoms with van der Waals surface area (Å²) in [6.45, 7) is 2.55. The molecular weight excluding hydrogens is 394 g/mol. The molecule has 1 aromatic carbocycles. The molecule has 5 nitrogen and oxygen atoms in total. The number of amides is 1. The lowest BCUT2D eigenvalue weighted by molar-refractivity contribution is -0.117. The van der Waals surface area contributed by atoms with Crippen molar-refractivity contribution < 1.29 is 9.53 Å². The van der Waals surface area contributed by atoms with E-state index < -0.39 is 0 Å². The van der Waals surface area contributed by atoms with Crippen LogP contribution in [0.1, 0.15) is 53.7 Å². The number of carbonyl (C=O) groups excluding carboxylic acids is 1. The quantitative estimate of drug-likeness (QED) is 0.666. The van der Waals surface area contributed by atoms with Crippen LogP contribution in [0.25, 0.3) is 0 Å². The third-order valence-electron chi connectivity index (χ3n) is 5.89. The van der Waals surface area contributed by atoms with E-state index in [0.717, 1.165) is 62.2 Å². The first kappa shape index (κ1) is 21.0. The topological polar surface area (TPSA) is 65.4 Å². The van der Waals surface area contributed by atoms with Crippen molar-refractivity contribution in [2.75, 3.05) is 25.0 Å². The van der Waals surface area contributed by atoms with Crippen molar-refractivity contribution in [1.82, 2.24) is 4.90 Å². The van der Waals surface area contributed by atoms with Gasteiger partial charge >= 0.3 is 0 Å². The van der Waals surface area contributed by atoms with Crippen molar-refractivity contribution in [3.8, 4) is 6.07 Å². The summed E-state index contributed by atoms with van der Waals surface area (Å²) < 4.78 is 5.81. The number of hydrogen-bond donors (Lipinski definition) is 1. The Morgan fingerprint density at radius 1 is 1.20 bits per heavy atom. The van der Waals surface area contributed by atoms with Crippen LogP contribution in [0.5, 0.6) is 0 Å². The molecule has 1 unspecified atom stereocenters. The van der Waals surface area contributed by atoms with Crippen LogP contribution < -0.4 is 5.32 Å².